The lowest BCUT2D eigenvalue weighted by atomic mass is 9.38. The highest BCUT2D eigenvalue weighted by atomic mass is 16.4. The Morgan fingerprint density at radius 1 is 1.55 bits per heavy atom. The van der Waals surface area contributed by atoms with E-state index >= 15 is 0 Å². The molecule has 3 heteroatoms. The maximum Gasteiger partial charge on any atom is 0.405 e. The molecule has 3 rings (SSSR count). The summed E-state index contributed by atoms with van der Waals surface area (Å²) in [6.45, 7) is 2.18. The minimum atomic E-state index is -0.866. The maximum absolute atomic E-state index is 10.3. The van der Waals surface area contributed by atoms with Crippen LogP contribution in [-0.4, -0.2) is 16.7 Å². The number of nitrogens with one attached hydrogen (secondary N) is 1. The molecule has 11 heavy (non-hydrogen) atoms. The Balaban J connectivity index is 1.89. The number of rotatable bonds is 2. The first-order chi connectivity index (χ1) is 5.10. The second-order valence-electron chi connectivity index (χ2n) is 4.09. The largest absolute Gasteiger partial charge is 0.465 e. The summed E-state index contributed by atoms with van der Waals surface area (Å²) in [5, 5.41) is 11.1. The van der Waals surface area contributed by atoms with Crippen molar-refractivity contribution in [3.8, 4) is 0 Å². The van der Waals surface area contributed by atoms with E-state index in [0.29, 0.717) is 5.41 Å². The fraction of sp³-hybridized carbons (Fsp3) is 0.875. The van der Waals surface area contributed by atoms with E-state index in [9.17, 15) is 4.79 Å². The van der Waals surface area contributed by atoms with E-state index in [2.05, 4.69) is 12.2 Å². The highest BCUT2D eigenvalue weighted by Crippen LogP contribution is 2.68. The molecule has 3 aliphatic rings. The molecule has 0 unspecified atom stereocenters. The van der Waals surface area contributed by atoms with Gasteiger partial charge in [-0.15, -0.1) is 0 Å². The van der Waals surface area contributed by atoms with Crippen LogP contribution >= 0.6 is 0 Å². The van der Waals surface area contributed by atoms with Crippen LogP contribution in [0.1, 0.15) is 32.6 Å². The number of amides is 1. The molecule has 0 aromatic rings. The summed E-state index contributed by atoms with van der Waals surface area (Å²) in [5.74, 6) is 0. The van der Waals surface area contributed by atoms with Gasteiger partial charge in [-0.25, -0.2) is 4.79 Å². The van der Waals surface area contributed by atoms with Crippen LogP contribution in [0.15, 0.2) is 0 Å². The third kappa shape index (κ3) is 0.767. The number of carboxylic acid groups (broad SMARTS) is 1. The van der Waals surface area contributed by atoms with E-state index in [4.69, 9.17) is 5.11 Å². The topological polar surface area (TPSA) is 49.3 Å². The van der Waals surface area contributed by atoms with Crippen molar-refractivity contribution < 1.29 is 9.90 Å². The second kappa shape index (κ2) is 1.71. The average Bonchev–Trinajstić information content (AvgIpc) is 1.74. The van der Waals surface area contributed by atoms with Crippen LogP contribution < -0.4 is 5.32 Å². The summed E-state index contributed by atoms with van der Waals surface area (Å²) in [6, 6.07) is 0. The van der Waals surface area contributed by atoms with Gasteiger partial charge in [-0.1, -0.05) is 13.3 Å². The van der Waals surface area contributed by atoms with Crippen molar-refractivity contribution >= 4 is 6.09 Å². The number of hydrogen-bond acceptors (Lipinski definition) is 1. The van der Waals surface area contributed by atoms with Crippen molar-refractivity contribution in [3.63, 3.8) is 0 Å². The predicted molar refractivity (Wildman–Crippen MR) is 40.5 cm³/mol. The Bertz CT molecular complexity index is 192. The highest BCUT2D eigenvalue weighted by molar-refractivity contribution is 5.66. The lowest BCUT2D eigenvalue weighted by molar-refractivity contribution is -0.150. The lowest BCUT2D eigenvalue weighted by Gasteiger charge is -2.70. The smallest absolute Gasteiger partial charge is 0.405 e. The first kappa shape index (κ1) is 6.95. The molecule has 0 radical (unpaired) electrons. The monoisotopic (exact) mass is 155 g/mol. The summed E-state index contributed by atoms with van der Waals surface area (Å²) < 4.78 is 0. The molecule has 62 valence electrons. The van der Waals surface area contributed by atoms with Gasteiger partial charge in [-0.05, 0) is 24.7 Å². The molecule has 0 atom stereocenters. The summed E-state index contributed by atoms with van der Waals surface area (Å²) in [4.78, 5) is 10.3. The standard InChI is InChI=1S/C8H13NO2/c1-2-7-3-8(4-7,5-7)9-6(10)11/h9H,2-5H2,1H3,(H,10,11). The van der Waals surface area contributed by atoms with Gasteiger partial charge in [0.15, 0.2) is 0 Å². The lowest BCUT2D eigenvalue weighted by Crippen LogP contribution is -2.74. The van der Waals surface area contributed by atoms with Crippen LogP contribution in [0.4, 0.5) is 4.79 Å². The van der Waals surface area contributed by atoms with Crippen LogP contribution in [0.3, 0.4) is 0 Å². The van der Waals surface area contributed by atoms with Gasteiger partial charge in [0.1, 0.15) is 0 Å². The average molecular weight is 155 g/mol. The molecule has 2 N–H and O–H groups in total. The van der Waals surface area contributed by atoms with Gasteiger partial charge in [-0.3, -0.25) is 0 Å². The molecule has 1 amide bonds. The zero-order chi connectivity index (χ0) is 8.11. The molecule has 0 aromatic carbocycles. The minimum Gasteiger partial charge on any atom is -0.465 e. The van der Waals surface area contributed by atoms with E-state index in [1.54, 1.807) is 0 Å². The third-order valence-electron chi connectivity index (χ3n) is 3.26. The quantitative estimate of drug-likeness (QED) is 0.636. The van der Waals surface area contributed by atoms with Gasteiger partial charge in [-0.2, -0.15) is 0 Å². The zero-order valence-electron chi connectivity index (χ0n) is 6.68. The van der Waals surface area contributed by atoms with Crippen molar-refractivity contribution in [1.82, 2.24) is 5.32 Å². The number of carbonyl (C=O) groups is 1. The number of hydrogen-bond donors (Lipinski definition) is 2. The van der Waals surface area contributed by atoms with E-state index in [1.807, 2.05) is 0 Å². The molecule has 3 fully saturated rings. The van der Waals surface area contributed by atoms with Gasteiger partial charge in [0, 0.05) is 5.54 Å². The predicted octanol–water partition coefficient (Wildman–Crippen LogP) is 1.59. The van der Waals surface area contributed by atoms with Gasteiger partial charge in [0.2, 0.25) is 0 Å². The molecule has 0 saturated heterocycles. The van der Waals surface area contributed by atoms with Gasteiger partial charge >= 0.3 is 6.09 Å². The van der Waals surface area contributed by atoms with Crippen LogP contribution in [-0.2, 0) is 0 Å². The normalized spacial score (nSPS) is 45.5. The highest BCUT2D eigenvalue weighted by Gasteiger charge is 2.67. The van der Waals surface area contributed by atoms with Crippen LogP contribution in [0.5, 0.6) is 0 Å². The Morgan fingerprint density at radius 3 is 2.45 bits per heavy atom. The molecule has 3 aliphatic carbocycles. The Labute approximate surface area is 65.8 Å². The van der Waals surface area contributed by atoms with Crippen LogP contribution in [0.25, 0.3) is 0 Å². The molecule has 3 nitrogen and oxygen atoms in total. The van der Waals surface area contributed by atoms with E-state index in [0.717, 1.165) is 19.3 Å². The fourth-order valence-corrected chi connectivity index (χ4v) is 2.73. The summed E-state index contributed by atoms with van der Waals surface area (Å²) in [6.07, 6.45) is 3.55. The minimum absolute atomic E-state index is 0.00183. The molecule has 0 heterocycles. The Morgan fingerprint density at radius 2 is 2.09 bits per heavy atom. The van der Waals surface area contributed by atoms with Gasteiger partial charge in [0.05, 0.1) is 0 Å². The van der Waals surface area contributed by atoms with Crippen LogP contribution in [0.2, 0.25) is 0 Å². The fourth-order valence-electron chi connectivity index (χ4n) is 2.73. The Hall–Kier alpha value is -0.730. The molecular formula is C8H13NO2. The SMILES string of the molecule is CCC12CC(NC(=O)O)(C1)C2. The third-order valence-corrected chi connectivity index (χ3v) is 3.26. The van der Waals surface area contributed by atoms with E-state index in [1.165, 1.54) is 6.42 Å². The summed E-state index contributed by atoms with van der Waals surface area (Å²) in [7, 11) is 0. The zero-order valence-corrected chi connectivity index (χ0v) is 6.68. The molecule has 3 saturated carbocycles. The first-order valence-corrected chi connectivity index (χ1v) is 4.11. The van der Waals surface area contributed by atoms with Crippen molar-refractivity contribution in [2.24, 2.45) is 5.41 Å². The van der Waals surface area contributed by atoms with Gasteiger partial charge < -0.3 is 10.4 Å². The van der Waals surface area contributed by atoms with Crippen molar-refractivity contribution in [2.45, 2.75) is 38.1 Å². The first-order valence-electron chi connectivity index (χ1n) is 4.11. The second-order valence-corrected chi connectivity index (χ2v) is 4.09. The van der Waals surface area contributed by atoms with Crippen LogP contribution in [0, 0.1) is 5.41 Å². The van der Waals surface area contributed by atoms with Gasteiger partial charge in [0.25, 0.3) is 0 Å². The molecule has 0 aliphatic heterocycles. The van der Waals surface area contributed by atoms with Crippen molar-refractivity contribution in [1.29, 1.82) is 0 Å². The van der Waals surface area contributed by atoms with Crippen molar-refractivity contribution in [2.75, 3.05) is 0 Å². The Kier molecular flexibility index (Phi) is 1.08. The van der Waals surface area contributed by atoms with E-state index < -0.39 is 6.09 Å². The summed E-state index contributed by atoms with van der Waals surface area (Å²) >= 11 is 0. The molecule has 0 spiro atoms. The summed E-state index contributed by atoms with van der Waals surface area (Å²) in [5.41, 5.74) is 0.532. The molecule has 0 aromatic heterocycles. The molecule has 2 bridgehead atoms. The molecular weight excluding hydrogens is 142 g/mol. The maximum atomic E-state index is 10.3. The van der Waals surface area contributed by atoms with E-state index in [-0.39, 0.29) is 5.54 Å². The van der Waals surface area contributed by atoms with Crippen molar-refractivity contribution in [3.05, 3.63) is 0 Å².